The number of likely N-dealkylation sites (tertiary alicyclic amines) is 2. The number of hydrogen-bond acceptors (Lipinski definition) is 5. The van der Waals surface area contributed by atoms with Crippen molar-refractivity contribution in [1.82, 2.24) is 14.8 Å². The van der Waals surface area contributed by atoms with E-state index in [1.54, 1.807) is 10.3 Å². The Morgan fingerprint density at radius 1 is 1.10 bits per heavy atom. The number of amides is 2. The van der Waals surface area contributed by atoms with Gasteiger partial charge >= 0.3 is 0 Å². The maximum Gasteiger partial charge on any atom is 0.274 e. The topological polar surface area (TPSA) is 62.7 Å². The average Bonchev–Trinajstić information content (AvgIpc) is 3.46. The summed E-state index contributed by atoms with van der Waals surface area (Å²) in [6, 6.07) is 7.40. The number of rotatable bonds is 5. The van der Waals surface area contributed by atoms with Gasteiger partial charge in [0.15, 0.2) is 0 Å². The molecule has 2 amide bonds. The van der Waals surface area contributed by atoms with Crippen molar-refractivity contribution in [2.45, 2.75) is 45.1 Å². The molecule has 1 aromatic heterocycles. The van der Waals surface area contributed by atoms with Gasteiger partial charge in [0, 0.05) is 30.6 Å². The zero-order valence-electron chi connectivity index (χ0n) is 16.8. The third-order valence-corrected chi connectivity index (χ3v) is 6.49. The lowest BCUT2D eigenvalue weighted by molar-refractivity contribution is -0.136. The van der Waals surface area contributed by atoms with Gasteiger partial charge in [0.05, 0.1) is 6.61 Å². The summed E-state index contributed by atoms with van der Waals surface area (Å²) in [6.45, 7) is 4.84. The average molecular weight is 414 g/mol. The molecule has 4 rings (SSSR count). The fraction of sp³-hybridized carbons (Fsp3) is 0.500. The SMILES string of the molecule is CCOc1ccc(-c2nc(C(=O)N3CCCCC3C(=O)N3CCCC3)cs2)cc1. The molecule has 1 unspecified atom stereocenters. The van der Waals surface area contributed by atoms with Gasteiger partial charge in [0.2, 0.25) is 5.91 Å². The first-order valence-corrected chi connectivity index (χ1v) is 11.3. The molecule has 2 aromatic rings. The number of aromatic nitrogens is 1. The Morgan fingerprint density at radius 2 is 1.83 bits per heavy atom. The molecule has 0 bridgehead atoms. The predicted molar refractivity (Wildman–Crippen MR) is 113 cm³/mol. The normalized spacial score (nSPS) is 19.4. The Balaban J connectivity index is 1.50. The van der Waals surface area contributed by atoms with Gasteiger partial charge in [0.25, 0.3) is 5.91 Å². The van der Waals surface area contributed by atoms with E-state index in [0.29, 0.717) is 18.8 Å². The van der Waals surface area contributed by atoms with Crippen LogP contribution in [0.5, 0.6) is 5.75 Å². The lowest BCUT2D eigenvalue weighted by atomic mass is 10.0. The molecule has 2 fully saturated rings. The minimum absolute atomic E-state index is 0.109. The molecule has 2 saturated heterocycles. The molecule has 3 heterocycles. The summed E-state index contributed by atoms with van der Waals surface area (Å²) in [5.74, 6) is 0.800. The third-order valence-electron chi connectivity index (χ3n) is 5.60. The summed E-state index contributed by atoms with van der Waals surface area (Å²) in [5.41, 5.74) is 1.39. The van der Waals surface area contributed by atoms with Crippen molar-refractivity contribution >= 4 is 23.2 Å². The summed E-state index contributed by atoms with van der Waals surface area (Å²) in [6.07, 6.45) is 4.79. The molecule has 0 spiro atoms. The zero-order chi connectivity index (χ0) is 20.2. The molecule has 6 nitrogen and oxygen atoms in total. The van der Waals surface area contributed by atoms with Crippen molar-refractivity contribution in [2.24, 2.45) is 0 Å². The lowest BCUT2D eigenvalue weighted by Crippen LogP contribution is -2.52. The second-order valence-electron chi connectivity index (χ2n) is 7.54. The second kappa shape index (κ2) is 8.95. The van der Waals surface area contributed by atoms with E-state index in [9.17, 15) is 9.59 Å². The van der Waals surface area contributed by atoms with Gasteiger partial charge < -0.3 is 14.5 Å². The molecule has 0 saturated carbocycles. The molecular weight excluding hydrogens is 386 g/mol. The summed E-state index contributed by atoms with van der Waals surface area (Å²) in [5, 5.41) is 2.61. The van der Waals surface area contributed by atoms with E-state index in [1.807, 2.05) is 36.1 Å². The van der Waals surface area contributed by atoms with Crippen LogP contribution in [0.4, 0.5) is 0 Å². The van der Waals surface area contributed by atoms with Gasteiger partial charge in [-0.3, -0.25) is 9.59 Å². The number of piperidine rings is 1. The molecule has 7 heteroatoms. The van der Waals surface area contributed by atoms with Gasteiger partial charge in [-0.1, -0.05) is 0 Å². The van der Waals surface area contributed by atoms with Crippen molar-refractivity contribution in [3.63, 3.8) is 0 Å². The number of carbonyl (C=O) groups excluding carboxylic acids is 2. The van der Waals surface area contributed by atoms with Crippen LogP contribution in [0.2, 0.25) is 0 Å². The van der Waals surface area contributed by atoms with Crippen molar-refractivity contribution in [3.8, 4) is 16.3 Å². The Labute approximate surface area is 175 Å². The van der Waals surface area contributed by atoms with Gasteiger partial charge in [0.1, 0.15) is 22.5 Å². The number of hydrogen-bond donors (Lipinski definition) is 0. The predicted octanol–water partition coefficient (Wildman–Crippen LogP) is 3.83. The van der Waals surface area contributed by atoms with E-state index in [-0.39, 0.29) is 17.9 Å². The fourth-order valence-corrected chi connectivity index (χ4v) is 4.89. The molecule has 2 aliphatic heterocycles. The highest BCUT2D eigenvalue weighted by Crippen LogP contribution is 2.28. The maximum atomic E-state index is 13.2. The Hall–Kier alpha value is -2.41. The Bertz CT molecular complexity index is 858. The molecule has 2 aliphatic rings. The molecule has 0 radical (unpaired) electrons. The first-order valence-electron chi connectivity index (χ1n) is 10.5. The minimum atomic E-state index is -0.343. The molecule has 29 heavy (non-hydrogen) atoms. The number of thiazole rings is 1. The van der Waals surface area contributed by atoms with E-state index in [4.69, 9.17) is 4.74 Å². The van der Waals surface area contributed by atoms with Crippen molar-refractivity contribution in [3.05, 3.63) is 35.3 Å². The first-order chi connectivity index (χ1) is 14.2. The van der Waals surface area contributed by atoms with Crippen LogP contribution in [-0.4, -0.2) is 58.9 Å². The summed E-state index contributed by atoms with van der Waals surface area (Å²) >= 11 is 1.45. The number of carbonyl (C=O) groups is 2. The largest absolute Gasteiger partial charge is 0.494 e. The van der Waals surface area contributed by atoms with E-state index >= 15 is 0 Å². The van der Waals surface area contributed by atoms with Crippen LogP contribution in [0, 0.1) is 0 Å². The molecular formula is C22H27N3O3S. The first kappa shape index (κ1) is 19.9. The van der Waals surface area contributed by atoms with E-state index in [1.165, 1.54) is 11.3 Å². The van der Waals surface area contributed by atoms with Gasteiger partial charge in [-0.25, -0.2) is 4.98 Å². The van der Waals surface area contributed by atoms with Crippen molar-refractivity contribution < 1.29 is 14.3 Å². The molecule has 0 aliphatic carbocycles. The van der Waals surface area contributed by atoms with Crippen LogP contribution in [-0.2, 0) is 4.79 Å². The molecule has 1 aromatic carbocycles. The van der Waals surface area contributed by atoms with Gasteiger partial charge in [-0.05, 0) is 63.3 Å². The van der Waals surface area contributed by atoms with Gasteiger partial charge in [-0.2, -0.15) is 0 Å². The zero-order valence-corrected chi connectivity index (χ0v) is 17.6. The highest BCUT2D eigenvalue weighted by molar-refractivity contribution is 7.13. The lowest BCUT2D eigenvalue weighted by Gasteiger charge is -2.36. The molecule has 154 valence electrons. The van der Waals surface area contributed by atoms with Crippen LogP contribution in [0.15, 0.2) is 29.6 Å². The van der Waals surface area contributed by atoms with Crippen LogP contribution in [0.3, 0.4) is 0 Å². The smallest absolute Gasteiger partial charge is 0.274 e. The van der Waals surface area contributed by atoms with Gasteiger partial charge in [-0.15, -0.1) is 11.3 Å². The number of nitrogens with zero attached hydrogens (tertiary/aromatic N) is 3. The summed E-state index contributed by atoms with van der Waals surface area (Å²) < 4.78 is 5.48. The summed E-state index contributed by atoms with van der Waals surface area (Å²) in [4.78, 5) is 34.4. The quantitative estimate of drug-likeness (QED) is 0.747. The monoisotopic (exact) mass is 413 g/mol. The Morgan fingerprint density at radius 3 is 2.55 bits per heavy atom. The molecule has 0 N–H and O–H groups in total. The maximum absolute atomic E-state index is 13.2. The van der Waals surface area contributed by atoms with Crippen LogP contribution >= 0.6 is 11.3 Å². The van der Waals surface area contributed by atoms with Crippen molar-refractivity contribution in [1.29, 1.82) is 0 Å². The van der Waals surface area contributed by atoms with E-state index in [2.05, 4.69) is 4.98 Å². The van der Waals surface area contributed by atoms with Crippen LogP contribution in [0.25, 0.3) is 10.6 Å². The number of benzene rings is 1. The standard InChI is InChI=1S/C22H27N3O3S/c1-2-28-17-10-8-16(9-11-17)20-23-18(15-29-20)21(26)25-14-4-3-7-19(25)22(27)24-12-5-6-13-24/h8-11,15,19H,2-7,12-14H2,1H3. The van der Waals surface area contributed by atoms with E-state index < -0.39 is 0 Å². The fourth-order valence-electron chi connectivity index (χ4n) is 4.09. The highest BCUT2D eigenvalue weighted by Gasteiger charge is 2.36. The van der Waals surface area contributed by atoms with Crippen molar-refractivity contribution in [2.75, 3.05) is 26.2 Å². The van der Waals surface area contributed by atoms with E-state index in [0.717, 1.165) is 61.5 Å². The summed E-state index contributed by atoms with van der Waals surface area (Å²) in [7, 11) is 0. The highest BCUT2D eigenvalue weighted by atomic mass is 32.1. The number of ether oxygens (including phenoxy) is 1. The van der Waals surface area contributed by atoms with Crippen LogP contribution in [0.1, 0.15) is 49.5 Å². The van der Waals surface area contributed by atoms with Crippen LogP contribution < -0.4 is 4.74 Å². The molecule has 1 atom stereocenters. The second-order valence-corrected chi connectivity index (χ2v) is 8.40. The minimum Gasteiger partial charge on any atom is -0.494 e. The third kappa shape index (κ3) is 4.29. The Kier molecular flexibility index (Phi) is 6.13.